The van der Waals surface area contributed by atoms with Crippen LogP contribution in [0.4, 0.5) is 0 Å². The third-order valence-corrected chi connectivity index (χ3v) is 3.08. The zero-order valence-electron chi connectivity index (χ0n) is 13.2. The molecule has 118 valence electrons. The van der Waals surface area contributed by atoms with E-state index < -0.39 is 0 Å². The Labute approximate surface area is 122 Å². The van der Waals surface area contributed by atoms with Gasteiger partial charge in [-0.05, 0) is 31.7 Å². The minimum Gasteiger partial charge on any atom is -0.355 e. The fraction of sp³-hybridized carbons (Fsp3) is 0.857. The number of carbonyl (C=O) groups excluding carboxylic acids is 2. The predicted molar refractivity (Wildman–Crippen MR) is 81.2 cm³/mol. The van der Waals surface area contributed by atoms with Crippen LogP contribution in [0, 0.1) is 5.41 Å². The second-order valence-corrected chi connectivity index (χ2v) is 5.99. The van der Waals surface area contributed by atoms with Gasteiger partial charge in [-0.15, -0.1) is 0 Å². The molecule has 0 spiro atoms. The number of nitrogens with two attached hydrogens (primary N) is 1. The molecule has 0 radical (unpaired) electrons. The lowest BCUT2D eigenvalue weighted by atomic mass is 9.86. The molecule has 0 aliphatic heterocycles. The highest BCUT2D eigenvalue weighted by molar-refractivity contribution is 5.82. The summed E-state index contributed by atoms with van der Waals surface area (Å²) in [6, 6.07) is -0.189. The molecule has 0 bridgehead atoms. The van der Waals surface area contributed by atoms with Crippen molar-refractivity contribution in [2.24, 2.45) is 11.1 Å². The smallest absolute Gasteiger partial charge is 0.237 e. The topological polar surface area (TPSA) is 96.2 Å². The van der Waals surface area contributed by atoms with Gasteiger partial charge in [-0.1, -0.05) is 20.8 Å². The van der Waals surface area contributed by atoms with Gasteiger partial charge in [-0.25, -0.2) is 0 Å². The van der Waals surface area contributed by atoms with Crippen LogP contribution in [0.2, 0.25) is 0 Å². The van der Waals surface area contributed by atoms with Crippen LogP contribution in [0.25, 0.3) is 0 Å². The number of carbonyl (C=O) groups is 2. The molecule has 0 rings (SSSR count). The van der Waals surface area contributed by atoms with Gasteiger partial charge >= 0.3 is 0 Å². The number of hydrogen-bond donors (Lipinski definition) is 4. The molecule has 0 aromatic rings. The molecule has 0 fully saturated rings. The maximum atomic E-state index is 12.0. The Morgan fingerprint density at radius 1 is 1.05 bits per heavy atom. The molecule has 0 aromatic carbocycles. The van der Waals surface area contributed by atoms with Crippen molar-refractivity contribution in [3.8, 4) is 0 Å². The lowest BCUT2D eigenvalue weighted by Gasteiger charge is -2.29. The van der Waals surface area contributed by atoms with Crippen LogP contribution in [0.5, 0.6) is 0 Å². The summed E-state index contributed by atoms with van der Waals surface area (Å²) in [5.74, 6) is -0.0863. The fourth-order valence-electron chi connectivity index (χ4n) is 2.00. The average molecular weight is 286 g/mol. The molecule has 0 saturated heterocycles. The minimum atomic E-state index is -0.189. The van der Waals surface area contributed by atoms with E-state index in [1.807, 2.05) is 20.8 Å². The molecular formula is C14H30N4O2. The van der Waals surface area contributed by atoms with E-state index in [1.54, 1.807) is 7.05 Å². The first-order valence-corrected chi connectivity index (χ1v) is 7.24. The first-order valence-electron chi connectivity index (χ1n) is 7.24. The van der Waals surface area contributed by atoms with E-state index in [0.29, 0.717) is 13.1 Å². The molecular weight excluding hydrogens is 256 g/mol. The third-order valence-electron chi connectivity index (χ3n) is 3.08. The van der Waals surface area contributed by atoms with Gasteiger partial charge in [0, 0.05) is 13.1 Å². The predicted octanol–water partition coefficient (Wildman–Crippen LogP) is -0.0181. The molecule has 1 unspecified atom stereocenters. The van der Waals surface area contributed by atoms with Crippen molar-refractivity contribution in [3.05, 3.63) is 0 Å². The van der Waals surface area contributed by atoms with Gasteiger partial charge < -0.3 is 21.7 Å². The van der Waals surface area contributed by atoms with Crippen LogP contribution in [-0.4, -0.2) is 44.5 Å². The van der Waals surface area contributed by atoms with Gasteiger partial charge in [0.25, 0.3) is 0 Å². The summed E-state index contributed by atoms with van der Waals surface area (Å²) < 4.78 is 0. The van der Waals surface area contributed by atoms with E-state index in [-0.39, 0.29) is 29.8 Å². The van der Waals surface area contributed by atoms with Crippen molar-refractivity contribution in [2.75, 3.05) is 26.7 Å². The molecule has 0 heterocycles. The Balaban J connectivity index is 3.69. The van der Waals surface area contributed by atoms with E-state index >= 15 is 0 Å². The monoisotopic (exact) mass is 286 g/mol. The number of unbranched alkanes of at least 4 members (excludes halogenated alkanes) is 2. The summed E-state index contributed by atoms with van der Waals surface area (Å²) in [6.07, 6.45) is 2.77. The van der Waals surface area contributed by atoms with E-state index in [2.05, 4.69) is 16.0 Å². The van der Waals surface area contributed by atoms with Crippen LogP contribution in [0.15, 0.2) is 0 Å². The Bertz CT molecular complexity index is 300. The van der Waals surface area contributed by atoms with Gasteiger partial charge in [-0.3, -0.25) is 9.59 Å². The van der Waals surface area contributed by atoms with Gasteiger partial charge in [-0.2, -0.15) is 0 Å². The zero-order chi connectivity index (χ0) is 15.6. The quantitative estimate of drug-likeness (QED) is 0.448. The SMILES string of the molecule is CNC(C(=O)NCCCCCNC(=O)CN)C(C)(C)C. The second kappa shape index (κ2) is 9.72. The highest BCUT2D eigenvalue weighted by Gasteiger charge is 2.29. The molecule has 20 heavy (non-hydrogen) atoms. The minimum absolute atomic E-state index is 0.0360. The van der Waals surface area contributed by atoms with Crippen LogP contribution in [-0.2, 0) is 9.59 Å². The Hall–Kier alpha value is -1.14. The van der Waals surface area contributed by atoms with Gasteiger partial charge in [0.05, 0.1) is 12.6 Å². The van der Waals surface area contributed by atoms with Crippen LogP contribution >= 0.6 is 0 Å². The standard InChI is InChI=1S/C14H30N4O2/c1-14(2,3)12(16-4)13(20)18-9-7-5-6-8-17-11(19)10-15/h12,16H,5-10,15H2,1-4H3,(H,17,19)(H,18,20). The lowest BCUT2D eigenvalue weighted by Crippen LogP contribution is -2.50. The first-order chi connectivity index (χ1) is 9.32. The highest BCUT2D eigenvalue weighted by atomic mass is 16.2. The lowest BCUT2D eigenvalue weighted by molar-refractivity contribution is -0.125. The van der Waals surface area contributed by atoms with Crippen molar-refractivity contribution >= 4 is 11.8 Å². The summed E-state index contributed by atoms with van der Waals surface area (Å²) in [5.41, 5.74) is 5.07. The van der Waals surface area contributed by atoms with E-state index in [9.17, 15) is 9.59 Å². The summed E-state index contributed by atoms with van der Waals surface area (Å²) in [6.45, 7) is 7.45. The van der Waals surface area contributed by atoms with E-state index in [1.165, 1.54) is 0 Å². The molecule has 6 nitrogen and oxygen atoms in total. The zero-order valence-corrected chi connectivity index (χ0v) is 13.2. The van der Waals surface area contributed by atoms with Gasteiger partial charge in [0.2, 0.25) is 11.8 Å². The fourth-order valence-corrected chi connectivity index (χ4v) is 2.00. The number of rotatable bonds is 9. The summed E-state index contributed by atoms with van der Waals surface area (Å²) >= 11 is 0. The molecule has 6 heteroatoms. The van der Waals surface area contributed by atoms with Crippen molar-refractivity contribution < 1.29 is 9.59 Å². The molecule has 0 aliphatic rings. The molecule has 0 aromatic heterocycles. The van der Waals surface area contributed by atoms with E-state index in [0.717, 1.165) is 19.3 Å². The second-order valence-electron chi connectivity index (χ2n) is 5.99. The van der Waals surface area contributed by atoms with Crippen molar-refractivity contribution in [3.63, 3.8) is 0 Å². The number of nitrogens with one attached hydrogen (secondary N) is 3. The van der Waals surface area contributed by atoms with Crippen molar-refractivity contribution in [2.45, 2.75) is 46.1 Å². The highest BCUT2D eigenvalue weighted by Crippen LogP contribution is 2.18. The Morgan fingerprint density at radius 3 is 2.05 bits per heavy atom. The molecule has 0 aliphatic carbocycles. The van der Waals surface area contributed by atoms with Crippen LogP contribution in [0.1, 0.15) is 40.0 Å². The van der Waals surface area contributed by atoms with Crippen LogP contribution in [0.3, 0.4) is 0 Å². The van der Waals surface area contributed by atoms with Gasteiger partial charge in [0.15, 0.2) is 0 Å². The normalized spacial score (nSPS) is 12.8. The van der Waals surface area contributed by atoms with Gasteiger partial charge in [0.1, 0.15) is 0 Å². The summed E-state index contributed by atoms with van der Waals surface area (Å²) in [4.78, 5) is 22.9. The average Bonchev–Trinajstić information content (AvgIpc) is 2.36. The Morgan fingerprint density at radius 2 is 1.60 bits per heavy atom. The maximum Gasteiger partial charge on any atom is 0.237 e. The molecule has 2 amide bonds. The first kappa shape index (κ1) is 18.9. The van der Waals surface area contributed by atoms with E-state index in [4.69, 9.17) is 5.73 Å². The number of amides is 2. The van der Waals surface area contributed by atoms with Crippen molar-refractivity contribution in [1.82, 2.24) is 16.0 Å². The summed E-state index contributed by atoms with van der Waals surface area (Å²) in [5, 5.41) is 8.71. The summed E-state index contributed by atoms with van der Waals surface area (Å²) in [7, 11) is 1.80. The molecule has 1 atom stereocenters. The largest absolute Gasteiger partial charge is 0.355 e. The van der Waals surface area contributed by atoms with Crippen molar-refractivity contribution in [1.29, 1.82) is 0 Å². The van der Waals surface area contributed by atoms with Crippen LogP contribution < -0.4 is 21.7 Å². The number of hydrogen-bond acceptors (Lipinski definition) is 4. The number of likely N-dealkylation sites (N-methyl/N-ethyl adjacent to an activating group) is 1. The Kier molecular flexibility index (Phi) is 9.16. The maximum absolute atomic E-state index is 12.0. The molecule has 5 N–H and O–H groups in total. The molecule has 0 saturated carbocycles. The third kappa shape index (κ3) is 8.12.